The molecule has 0 saturated carbocycles. The highest BCUT2D eigenvalue weighted by Crippen LogP contribution is 2.64. The fourth-order valence-corrected chi connectivity index (χ4v) is 7.58. The molecule has 5 heterocycles. The zero-order valence-electron chi connectivity index (χ0n) is 20.3. The number of hydrogen-bond acceptors (Lipinski definition) is 7. The second-order valence-corrected chi connectivity index (χ2v) is 10.9. The first-order valence-corrected chi connectivity index (χ1v) is 12.5. The number of carbonyl (C=O) groups is 2. The van der Waals surface area contributed by atoms with Crippen molar-refractivity contribution in [1.29, 1.82) is 0 Å². The lowest BCUT2D eigenvalue weighted by Gasteiger charge is -2.34. The van der Waals surface area contributed by atoms with E-state index in [0.717, 1.165) is 45.7 Å². The van der Waals surface area contributed by atoms with Gasteiger partial charge in [-0.05, 0) is 51.7 Å². The van der Waals surface area contributed by atoms with Crippen molar-refractivity contribution >= 4 is 28.9 Å². The zero-order chi connectivity index (χ0) is 25.0. The molecule has 2 aromatic heterocycles. The molecule has 1 aromatic carbocycles. The van der Waals surface area contributed by atoms with Crippen molar-refractivity contribution in [2.45, 2.75) is 52.1 Å². The third kappa shape index (κ3) is 2.49. The molecule has 182 valence electrons. The number of nitrogens with zero attached hydrogens (tertiary/aromatic N) is 2. The lowest BCUT2D eigenvalue weighted by molar-refractivity contribution is -0.125. The molecule has 3 aliphatic heterocycles. The molecule has 0 aliphatic carbocycles. The molecule has 1 fully saturated rings. The summed E-state index contributed by atoms with van der Waals surface area (Å²) in [6.45, 7) is 8.32. The molecule has 3 N–H and O–H groups in total. The molecule has 9 heteroatoms. The summed E-state index contributed by atoms with van der Waals surface area (Å²) in [5.41, 5.74) is 4.27. The fraction of sp³-hybridized carbons (Fsp3) is 0.385. The number of benzene rings is 1. The van der Waals surface area contributed by atoms with Gasteiger partial charge in [-0.2, -0.15) is 0 Å². The van der Waals surface area contributed by atoms with Gasteiger partial charge in [-0.3, -0.25) is 9.69 Å². The van der Waals surface area contributed by atoms with E-state index in [0.29, 0.717) is 28.2 Å². The maximum Gasteiger partial charge on any atom is 0.341 e. The zero-order valence-corrected chi connectivity index (χ0v) is 21.1. The monoisotopic (exact) mass is 493 g/mol. The number of aryl methyl sites for hydroxylation is 3. The van der Waals surface area contributed by atoms with Crippen molar-refractivity contribution in [3.05, 3.63) is 56.0 Å². The van der Waals surface area contributed by atoms with E-state index in [1.165, 1.54) is 23.0 Å². The summed E-state index contributed by atoms with van der Waals surface area (Å²) in [5.74, 6) is -1.13. The van der Waals surface area contributed by atoms with Gasteiger partial charge in [-0.15, -0.1) is 11.3 Å². The van der Waals surface area contributed by atoms with Crippen LogP contribution in [-0.2, 0) is 15.1 Å². The average Bonchev–Trinajstić information content (AvgIpc) is 3.56. The Hall–Kier alpha value is -3.30. The Kier molecular flexibility index (Phi) is 4.51. The van der Waals surface area contributed by atoms with E-state index in [9.17, 15) is 19.8 Å². The standard InChI is InChI=1S/C26H27N3O5S/c1-11-9-12(2)20-15(10-11)26(25(33)27-20)19-18(16-7-6-8-28(16)26)21(30)29(22(19)31)23-17(24(32)34-5)13(3)14(4)35-23/h9-10,16,30-31H,6-8H2,1-5H3,(H,27,33)/t16-,26+/m0/s1. The normalized spacial score (nSPS) is 22.4. The van der Waals surface area contributed by atoms with Crippen LogP contribution in [0.5, 0.6) is 11.8 Å². The van der Waals surface area contributed by atoms with Gasteiger partial charge in [0.15, 0.2) is 5.54 Å². The molecule has 3 aliphatic rings. The Morgan fingerprint density at radius 3 is 2.66 bits per heavy atom. The van der Waals surface area contributed by atoms with Crippen molar-refractivity contribution in [2.75, 3.05) is 19.0 Å². The molecular formula is C26H27N3O5S. The topological polar surface area (TPSA) is 104 Å². The van der Waals surface area contributed by atoms with Crippen molar-refractivity contribution in [3.63, 3.8) is 0 Å². The third-order valence-corrected chi connectivity index (χ3v) is 9.12. The number of fused-ring (bicyclic) bond motifs is 7. The smallest absolute Gasteiger partial charge is 0.341 e. The van der Waals surface area contributed by atoms with Crippen LogP contribution in [0.3, 0.4) is 0 Å². The van der Waals surface area contributed by atoms with E-state index in [2.05, 4.69) is 10.2 Å². The first kappa shape index (κ1) is 22.2. The molecule has 1 spiro atoms. The summed E-state index contributed by atoms with van der Waals surface area (Å²) in [6, 6.07) is 3.80. The maximum atomic E-state index is 13.9. The van der Waals surface area contributed by atoms with E-state index in [-0.39, 0.29) is 23.7 Å². The van der Waals surface area contributed by atoms with Gasteiger partial charge in [0.05, 0.1) is 18.2 Å². The summed E-state index contributed by atoms with van der Waals surface area (Å²) in [5, 5.41) is 26.8. The van der Waals surface area contributed by atoms with Gasteiger partial charge in [-0.25, -0.2) is 9.36 Å². The summed E-state index contributed by atoms with van der Waals surface area (Å²) < 4.78 is 6.35. The summed E-state index contributed by atoms with van der Waals surface area (Å²) in [7, 11) is 1.31. The van der Waals surface area contributed by atoms with Crippen LogP contribution >= 0.6 is 11.3 Å². The Bertz CT molecular complexity index is 1470. The van der Waals surface area contributed by atoms with Gasteiger partial charge in [0.25, 0.3) is 5.91 Å². The highest BCUT2D eigenvalue weighted by molar-refractivity contribution is 7.15. The predicted octanol–water partition coefficient (Wildman–Crippen LogP) is 4.32. The van der Waals surface area contributed by atoms with E-state index < -0.39 is 11.5 Å². The minimum Gasteiger partial charge on any atom is -0.494 e. The quantitative estimate of drug-likeness (QED) is 0.460. The van der Waals surface area contributed by atoms with E-state index in [1.54, 1.807) is 0 Å². The number of thiophene rings is 1. The number of hydrogen-bond donors (Lipinski definition) is 3. The van der Waals surface area contributed by atoms with E-state index in [4.69, 9.17) is 4.74 Å². The fourth-order valence-electron chi connectivity index (χ4n) is 6.43. The van der Waals surface area contributed by atoms with Crippen LogP contribution in [0.4, 0.5) is 5.69 Å². The maximum absolute atomic E-state index is 13.9. The average molecular weight is 494 g/mol. The predicted molar refractivity (Wildman–Crippen MR) is 132 cm³/mol. The Balaban J connectivity index is 1.70. The van der Waals surface area contributed by atoms with Gasteiger partial charge in [-0.1, -0.05) is 17.7 Å². The SMILES string of the molecule is COC(=O)c1c(-n2c(O)c3c(c2O)[C@]2(C(=O)Nc4c(C)cc(C)cc42)N2CCC[C@@H]32)sc(C)c1C. The van der Waals surface area contributed by atoms with E-state index in [1.807, 2.05) is 39.8 Å². The first-order valence-electron chi connectivity index (χ1n) is 11.7. The van der Waals surface area contributed by atoms with Gasteiger partial charge in [0, 0.05) is 34.3 Å². The minimum atomic E-state index is -1.25. The van der Waals surface area contributed by atoms with Gasteiger partial charge in [0.2, 0.25) is 11.8 Å². The van der Waals surface area contributed by atoms with Crippen LogP contribution in [0, 0.1) is 27.7 Å². The molecule has 0 bridgehead atoms. The number of carbonyl (C=O) groups excluding carboxylic acids is 2. The van der Waals surface area contributed by atoms with Crippen LogP contribution in [0.25, 0.3) is 5.00 Å². The molecule has 0 unspecified atom stereocenters. The lowest BCUT2D eigenvalue weighted by atomic mass is 9.83. The van der Waals surface area contributed by atoms with Crippen LogP contribution in [0.2, 0.25) is 0 Å². The number of amides is 1. The molecule has 0 radical (unpaired) electrons. The van der Waals surface area contributed by atoms with Crippen molar-refractivity contribution in [2.24, 2.45) is 0 Å². The summed E-state index contributed by atoms with van der Waals surface area (Å²) >= 11 is 1.30. The van der Waals surface area contributed by atoms with Crippen molar-refractivity contribution < 1.29 is 24.5 Å². The largest absolute Gasteiger partial charge is 0.494 e. The first-order chi connectivity index (χ1) is 16.6. The van der Waals surface area contributed by atoms with Crippen LogP contribution < -0.4 is 5.32 Å². The van der Waals surface area contributed by atoms with Gasteiger partial charge < -0.3 is 20.3 Å². The Morgan fingerprint density at radius 2 is 1.94 bits per heavy atom. The second-order valence-electron chi connectivity index (χ2n) is 9.75. The van der Waals surface area contributed by atoms with Crippen molar-refractivity contribution in [1.82, 2.24) is 9.47 Å². The number of aromatic nitrogens is 1. The molecule has 8 nitrogen and oxygen atoms in total. The molecule has 2 atom stereocenters. The van der Waals surface area contributed by atoms with Crippen molar-refractivity contribution in [3.8, 4) is 16.8 Å². The second kappa shape index (κ2) is 7.11. The Labute approximate surface area is 206 Å². The number of anilines is 1. The number of rotatable bonds is 2. The number of esters is 1. The molecule has 35 heavy (non-hydrogen) atoms. The lowest BCUT2D eigenvalue weighted by Crippen LogP contribution is -2.47. The number of methoxy groups -OCH3 is 1. The minimum absolute atomic E-state index is 0.136. The van der Waals surface area contributed by atoms with Crippen LogP contribution in [-0.4, -0.2) is 45.2 Å². The number of ether oxygens (including phenoxy) is 1. The molecular weight excluding hydrogens is 466 g/mol. The summed E-state index contributed by atoms with van der Waals surface area (Å²) in [6.07, 6.45) is 1.63. The highest BCUT2D eigenvalue weighted by atomic mass is 32.1. The molecule has 1 saturated heterocycles. The number of nitrogens with one attached hydrogen (secondary N) is 1. The van der Waals surface area contributed by atoms with Gasteiger partial charge >= 0.3 is 5.97 Å². The molecule has 1 amide bonds. The summed E-state index contributed by atoms with van der Waals surface area (Å²) in [4.78, 5) is 29.6. The number of aromatic hydroxyl groups is 2. The van der Waals surface area contributed by atoms with Gasteiger partial charge in [0.1, 0.15) is 5.00 Å². The van der Waals surface area contributed by atoms with Crippen LogP contribution in [0.1, 0.15) is 67.5 Å². The van der Waals surface area contributed by atoms with Crippen LogP contribution in [0.15, 0.2) is 12.1 Å². The third-order valence-electron chi connectivity index (χ3n) is 7.93. The Morgan fingerprint density at radius 1 is 1.20 bits per heavy atom. The molecule has 6 rings (SSSR count). The van der Waals surface area contributed by atoms with E-state index >= 15 is 0 Å². The highest BCUT2D eigenvalue weighted by Gasteiger charge is 2.65. The molecule has 3 aromatic rings.